The van der Waals surface area contributed by atoms with Crippen LogP contribution in [-0.2, 0) is 15.4 Å². The second kappa shape index (κ2) is 6.24. The highest BCUT2D eigenvalue weighted by Crippen LogP contribution is 2.33. The lowest BCUT2D eigenvalue weighted by molar-refractivity contribution is 0.572. The van der Waals surface area contributed by atoms with Crippen molar-refractivity contribution in [2.45, 2.75) is 38.0 Å². The van der Waals surface area contributed by atoms with Crippen molar-refractivity contribution in [2.75, 3.05) is 4.72 Å². The molecule has 1 N–H and O–H groups in total. The van der Waals surface area contributed by atoms with E-state index in [9.17, 15) is 12.8 Å². The summed E-state index contributed by atoms with van der Waals surface area (Å²) < 4.78 is 41.9. The Morgan fingerprint density at radius 3 is 2.13 bits per heavy atom. The lowest BCUT2D eigenvalue weighted by atomic mass is 9.87. The van der Waals surface area contributed by atoms with Gasteiger partial charge in [0.25, 0.3) is 10.0 Å². The molecule has 0 unspecified atom stereocenters. The third-order valence-electron chi connectivity index (χ3n) is 3.48. The van der Waals surface area contributed by atoms with Crippen molar-refractivity contribution < 1.29 is 12.8 Å². The fraction of sp³-hybridized carbons (Fsp3) is 0.294. The van der Waals surface area contributed by atoms with Crippen molar-refractivity contribution in [3.63, 3.8) is 0 Å². The number of anilines is 1. The van der Waals surface area contributed by atoms with E-state index in [2.05, 4.69) is 20.7 Å². The highest BCUT2D eigenvalue weighted by atomic mass is 79.9. The highest BCUT2D eigenvalue weighted by molar-refractivity contribution is 9.10. The Bertz CT molecular complexity index is 802. The average molecular weight is 400 g/mol. The van der Waals surface area contributed by atoms with Crippen LogP contribution in [0.3, 0.4) is 0 Å². The molecule has 0 aliphatic rings. The van der Waals surface area contributed by atoms with Crippen molar-refractivity contribution in [3.05, 3.63) is 57.8 Å². The second-order valence-electron chi connectivity index (χ2n) is 6.48. The fourth-order valence-electron chi connectivity index (χ4n) is 2.01. The summed E-state index contributed by atoms with van der Waals surface area (Å²) in [6.07, 6.45) is 0. The van der Waals surface area contributed by atoms with E-state index in [1.807, 2.05) is 27.7 Å². The number of hydrogen-bond acceptors (Lipinski definition) is 2. The van der Waals surface area contributed by atoms with E-state index < -0.39 is 15.8 Å². The summed E-state index contributed by atoms with van der Waals surface area (Å²) in [5.74, 6) is -0.611. The summed E-state index contributed by atoms with van der Waals surface area (Å²) in [6, 6.07) is 9.47. The van der Waals surface area contributed by atoms with Crippen LogP contribution in [0, 0.1) is 12.7 Å². The largest absolute Gasteiger partial charge is 0.275 e. The predicted molar refractivity (Wildman–Crippen MR) is 94.8 cm³/mol. The quantitative estimate of drug-likeness (QED) is 0.789. The third kappa shape index (κ3) is 4.12. The Kier molecular flexibility index (Phi) is 4.87. The summed E-state index contributed by atoms with van der Waals surface area (Å²) in [5.41, 5.74) is 1.40. The average Bonchev–Trinajstić information content (AvgIpc) is 2.42. The van der Waals surface area contributed by atoms with Crippen LogP contribution in [0.25, 0.3) is 0 Å². The van der Waals surface area contributed by atoms with Crippen LogP contribution in [0.15, 0.2) is 45.8 Å². The second-order valence-corrected chi connectivity index (χ2v) is 9.02. The Morgan fingerprint density at radius 1 is 1.09 bits per heavy atom. The molecule has 23 heavy (non-hydrogen) atoms. The zero-order valence-corrected chi connectivity index (χ0v) is 15.8. The summed E-state index contributed by atoms with van der Waals surface area (Å²) in [6.45, 7) is 7.75. The summed E-state index contributed by atoms with van der Waals surface area (Å²) in [4.78, 5) is 0.0919. The maximum absolute atomic E-state index is 14.4. The van der Waals surface area contributed by atoms with Gasteiger partial charge in [0.2, 0.25) is 0 Å². The van der Waals surface area contributed by atoms with Crippen molar-refractivity contribution >= 4 is 31.6 Å². The zero-order valence-electron chi connectivity index (χ0n) is 13.4. The topological polar surface area (TPSA) is 46.2 Å². The van der Waals surface area contributed by atoms with Crippen LogP contribution >= 0.6 is 15.9 Å². The first kappa shape index (κ1) is 17.9. The molecule has 6 heteroatoms. The minimum atomic E-state index is -3.84. The SMILES string of the molecule is Cc1ccc(S(=O)(=O)Nc2c(F)cc(C(C)(C)C)cc2Br)cc1. The molecule has 2 aromatic rings. The van der Waals surface area contributed by atoms with Crippen LogP contribution in [0.1, 0.15) is 31.9 Å². The van der Waals surface area contributed by atoms with Gasteiger partial charge >= 0.3 is 0 Å². The molecule has 0 spiro atoms. The first-order valence-electron chi connectivity index (χ1n) is 7.10. The Hall–Kier alpha value is -1.40. The fourth-order valence-corrected chi connectivity index (χ4v) is 3.77. The van der Waals surface area contributed by atoms with E-state index in [0.29, 0.717) is 4.47 Å². The molecule has 2 rings (SSSR count). The van der Waals surface area contributed by atoms with Crippen molar-refractivity contribution in [1.29, 1.82) is 0 Å². The molecule has 0 saturated heterocycles. The third-order valence-corrected chi connectivity index (χ3v) is 5.47. The smallest absolute Gasteiger partial charge is 0.262 e. The standard InChI is InChI=1S/C17H19BrFNO2S/c1-11-5-7-13(8-6-11)23(21,22)20-16-14(18)9-12(10-15(16)19)17(2,3)4/h5-10,20H,1-4H3. The van der Waals surface area contributed by atoms with E-state index >= 15 is 0 Å². The zero-order chi connectivity index (χ0) is 17.4. The van der Waals surface area contributed by atoms with Gasteiger partial charge < -0.3 is 0 Å². The van der Waals surface area contributed by atoms with E-state index in [1.165, 1.54) is 18.2 Å². The maximum atomic E-state index is 14.4. The molecule has 0 amide bonds. The van der Waals surface area contributed by atoms with Gasteiger partial charge in [0.05, 0.1) is 10.6 Å². The first-order chi connectivity index (χ1) is 10.5. The number of aryl methyl sites for hydroxylation is 1. The molecule has 0 aliphatic carbocycles. The maximum Gasteiger partial charge on any atom is 0.262 e. The number of benzene rings is 2. The number of hydrogen-bond donors (Lipinski definition) is 1. The van der Waals surface area contributed by atoms with Gasteiger partial charge in [-0.15, -0.1) is 0 Å². The number of halogens is 2. The summed E-state index contributed by atoms with van der Waals surface area (Å²) in [7, 11) is -3.84. The molecule has 0 aliphatic heterocycles. The van der Waals surface area contributed by atoms with Crippen LogP contribution in [0.4, 0.5) is 10.1 Å². The molecule has 124 valence electrons. The van der Waals surface area contributed by atoms with Gasteiger partial charge in [0.15, 0.2) is 0 Å². The Morgan fingerprint density at radius 2 is 1.65 bits per heavy atom. The van der Waals surface area contributed by atoms with Crippen LogP contribution in [0.2, 0.25) is 0 Å². The number of nitrogens with one attached hydrogen (secondary N) is 1. The van der Waals surface area contributed by atoms with Gasteiger partial charge in [-0.3, -0.25) is 4.72 Å². The Balaban J connectivity index is 2.42. The first-order valence-corrected chi connectivity index (χ1v) is 9.37. The molecule has 0 aromatic heterocycles. The van der Waals surface area contributed by atoms with Gasteiger partial charge in [-0.2, -0.15) is 0 Å². The highest BCUT2D eigenvalue weighted by Gasteiger charge is 2.22. The molecule has 0 bridgehead atoms. The predicted octanol–water partition coefficient (Wildman–Crippen LogP) is 4.99. The molecular weight excluding hydrogens is 381 g/mol. The van der Waals surface area contributed by atoms with Gasteiger partial charge in [-0.25, -0.2) is 12.8 Å². The van der Waals surface area contributed by atoms with Gasteiger partial charge in [-0.1, -0.05) is 38.5 Å². The summed E-state index contributed by atoms with van der Waals surface area (Å²) >= 11 is 3.26. The normalized spacial score (nSPS) is 12.3. The van der Waals surface area contributed by atoms with E-state index in [0.717, 1.165) is 11.1 Å². The number of sulfonamides is 1. The molecule has 0 saturated carbocycles. The number of rotatable bonds is 3. The Labute approximate surface area is 145 Å². The van der Waals surface area contributed by atoms with E-state index in [4.69, 9.17) is 0 Å². The summed E-state index contributed by atoms with van der Waals surface area (Å²) in [5, 5.41) is 0. The molecular formula is C17H19BrFNO2S. The van der Waals surface area contributed by atoms with Gasteiger partial charge in [0.1, 0.15) is 5.82 Å². The monoisotopic (exact) mass is 399 g/mol. The lowest BCUT2D eigenvalue weighted by Gasteiger charge is -2.21. The van der Waals surface area contributed by atoms with Gasteiger partial charge in [-0.05, 0) is 58.1 Å². The molecule has 0 atom stereocenters. The molecule has 0 heterocycles. The van der Waals surface area contributed by atoms with Crippen molar-refractivity contribution in [3.8, 4) is 0 Å². The molecule has 0 fully saturated rings. The van der Waals surface area contributed by atoms with E-state index in [-0.39, 0.29) is 16.0 Å². The van der Waals surface area contributed by atoms with Crippen LogP contribution in [0.5, 0.6) is 0 Å². The van der Waals surface area contributed by atoms with Crippen LogP contribution in [-0.4, -0.2) is 8.42 Å². The molecule has 3 nitrogen and oxygen atoms in total. The van der Waals surface area contributed by atoms with E-state index in [1.54, 1.807) is 18.2 Å². The van der Waals surface area contributed by atoms with Gasteiger partial charge in [0, 0.05) is 4.47 Å². The molecule has 2 aromatic carbocycles. The molecule has 0 radical (unpaired) electrons. The minimum absolute atomic E-state index is 0.0847. The van der Waals surface area contributed by atoms with Crippen molar-refractivity contribution in [1.82, 2.24) is 0 Å². The minimum Gasteiger partial charge on any atom is -0.275 e. The van der Waals surface area contributed by atoms with Crippen molar-refractivity contribution in [2.24, 2.45) is 0 Å². The lowest BCUT2D eigenvalue weighted by Crippen LogP contribution is -2.16. The van der Waals surface area contributed by atoms with Crippen LogP contribution < -0.4 is 4.72 Å².